The van der Waals surface area contributed by atoms with Crippen LogP contribution >= 0.6 is 15.9 Å². The lowest BCUT2D eigenvalue weighted by Gasteiger charge is -2.12. The van der Waals surface area contributed by atoms with Crippen molar-refractivity contribution in [3.05, 3.63) is 17.3 Å². The third-order valence-electron chi connectivity index (χ3n) is 1.64. The second-order valence-electron chi connectivity index (χ2n) is 2.84. The first kappa shape index (κ1) is 13.9. The van der Waals surface area contributed by atoms with Crippen molar-refractivity contribution < 1.29 is 31.8 Å². The van der Waals surface area contributed by atoms with E-state index < -0.39 is 30.1 Å². The number of halogens is 6. The van der Waals surface area contributed by atoms with E-state index in [1.165, 1.54) is 0 Å². The predicted molar refractivity (Wildman–Crippen MR) is 50.2 cm³/mol. The van der Waals surface area contributed by atoms with Gasteiger partial charge in [-0.25, -0.2) is 13.8 Å². The summed E-state index contributed by atoms with van der Waals surface area (Å²) in [6, 6.07) is 0.790. The summed E-state index contributed by atoms with van der Waals surface area (Å²) in [5.41, 5.74) is -1.08. The van der Waals surface area contributed by atoms with Crippen molar-refractivity contribution >= 4 is 15.9 Å². The molecular formula is C8H5BrF5NO2. The summed E-state index contributed by atoms with van der Waals surface area (Å²) in [6.45, 7) is 0. The fourth-order valence-corrected chi connectivity index (χ4v) is 1.41. The van der Waals surface area contributed by atoms with Gasteiger partial charge in [0, 0.05) is 10.9 Å². The average Bonchev–Trinajstić information content (AvgIpc) is 2.18. The zero-order valence-electron chi connectivity index (χ0n) is 7.93. The van der Waals surface area contributed by atoms with Gasteiger partial charge in [-0.1, -0.05) is 15.9 Å². The molecule has 0 saturated carbocycles. The molecule has 96 valence electrons. The topological polar surface area (TPSA) is 42.4 Å². The molecule has 3 nitrogen and oxygen atoms in total. The van der Waals surface area contributed by atoms with E-state index in [2.05, 4.69) is 25.7 Å². The van der Waals surface area contributed by atoms with Crippen molar-refractivity contribution in [1.29, 1.82) is 0 Å². The molecule has 1 heterocycles. The monoisotopic (exact) mass is 321 g/mol. The Kier molecular flexibility index (Phi) is 4.12. The first-order chi connectivity index (χ1) is 7.74. The molecule has 1 rings (SSSR count). The molecular weight excluding hydrogens is 317 g/mol. The minimum absolute atomic E-state index is 0.116. The van der Waals surface area contributed by atoms with Crippen molar-refractivity contribution in [3.63, 3.8) is 0 Å². The van der Waals surface area contributed by atoms with Crippen LogP contribution in [-0.4, -0.2) is 16.5 Å². The number of hydrogen-bond acceptors (Lipinski definition) is 3. The first-order valence-electron chi connectivity index (χ1n) is 4.07. The largest absolute Gasteiger partial charge is 0.574 e. The van der Waals surface area contributed by atoms with Crippen LogP contribution in [0.3, 0.4) is 0 Å². The molecule has 0 radical (unpaired) electrons. The molecule has 0 saturated heterocycles. The lowest BCUT2D eigenvalue weighted by Crippen LogP contribution is -2.18. The molecule has 1 aromatic rings. The van der Waals surface area contributed by atoms with Crippen LogP contribution in [0.15, 0.2) is 6.07 Å². The Bertz CT molecular complexity index is 410. The van der Waals surface area contributed by atoms with Crippen LogP contribution in [0, 0.1) is 0 Å². The van der Waals surface area contributed by atoms with Crippen LogP contribution in [0.4, 0.5) is 22.0 Å². The smallest absolute Gasteiger partial charge is 0.503 e. The van der Waals surface area contributed by atoms with Gasteiger partial charge in [-0.05, 0) is 6.07 Å². The van der Waals surface area contributed by atoms with Gasteiger partial charge in [0.15, 0.2) is 5.75 Å². The molecule has 1 N–H and O–H groups in total. The maximum atomic E-state index is 12.3. The lowest BCUT2D eigenvalue weighted by molar-refractivity contribution is -0.276. The fraction of sp³-hybridized carbons (Fsp3) is 0.375. The summed E-state index contributed by atoms with van der Waals surface area (Å²) in [6.07, 6.45) is -8.18. The second kappa shape index (κ2) is 5.03. The molecule has 0 aliphatic carbocycles. The quantitative estimate of drug-likeness (QED) is 0.684. The van der Waals surface area contributed by atoms with E-state index >= 15 is 0 Å². The summed E-state index contributed by atoms with van der Waals surface area (Å²) < 4.78 is 63.8. The molecule has 0 bridgehead atoms. The minimum atomic E-state index is -5.12. The number of ether oxygens (including phenoxy) is 1. The Morgan fingerprint density at radius 3 is 2.41 bits per heavy atom. The zero-order chi connectivity index (χ0) is 13.2. The lowest BCUT2D eigenvalue weighted by atomic mass is 10.2. The number of alkyl halides is 6. The molecule has 9 heteroatoms. The minimum Gasteiger partial charge on any atom is -0.503 e. The van der Waals surface area contributed by atoms with E-state index in [0.29, 0.717) is 0 Å². The van der Waals surface area contributed by atoms with Crippen LogP contribution < -0.4 is 4.74 Å². The van der Waals surface area contributed by atoms with Gasteiger partial charge in [-0.3, -0.25) is 0 Å². The molecule has 0 unspecified atom stereocenters. The van der Waals surface area contributed by atoms with E-state index in [1.807, 2.05) is 0 Å². The maximum absolute atomic E-state index is 12.3. The Morgan fingerprint density at radius 1 is 1.41 bits per heavy atom. The van der Waals surface area contributed by atoms with Gasteiger partial charge in [0.1, 0.15) is 5.69 Å². The first-order valence-corrected chi connectivity index (χ1v) is 5.19. The SMILES string of the molecule is Oc1c(CBr)cc(C(F)F)nc1OC(F)(F)F. The number of aromatic hydroxyl groups is 1. The number of aromatic nitrogens is 1. The Hall–Kier alpha value is -1.12. The summed E-state index contributed by atoms with van der Waals surface area (Å²) in [7, 11) is 0. The zero-order valence-corrected chi connectivity index (χ0v) is 9.52. The predicted octanol–water partition coefficient (Wildman–Crippen LogP) is 3.52. The van der Waals surface area contributed by atoms with Crippen LogP contribution in [-0.2, 0) is 5.33 Å². The fourth-order valence-electron chi connectivity index (χ4n) is 0.981. The molecule has 1 aromatic heterocycles. The molecule has 17 heavy (non-hydrogen) atoms. The molecule has 0 amide bonds. The van der Waals surface area contributed by atoms with Gasteiger partial charge >= 0.3 is 6.36 Å². The van der Waals surface area contributed by atoms with E-state index in [9.17, 15) is 27.1 Å². The van der Waals surface area contributed by atoms with E-state index in [4.69, 9.17) is 0 Å². The molecule has 0 aliphatic rings. The molecule has 0 spiro atoms. The van der Waals surface area contributed by atoms with Gasteiger partial charge < -0.3 is 9.84 Å². The van der Waals surface area contributed by atoms with Gasteiger partial charge in [0.05, 0.1) is 0 Å². The van der Waals surface area contributed by atoms with Gasteiger partial charge in [0.2, 0.25) is 0 Å². The van der Waals surface area contributed by atoms with Gasteiger partial charge in [-0.2, -0.15) is 0 Å². The number of rotatable bonds is 3. The number of nitrogens with zero attached hydrogens (tertiary/aromatic N) is 1. The van der Waals surface area contributed by atoms with E-state index in [0.717, 1.165) is 6.07 Å². The molecule has 0 atom stereocenters. The van der Waals surface area contributed by atoms with Crippen LogP contribution in [0.1, 0.15) is 17.7 Å². The molecule has 0 aromatic carbocycles. The standard InChI is InChI=1S/C8H5BrF5NO2/c9-2-3-1-4(6(10)11)15-7(5(3)16)17-8(12,13)14/h1,6,16H,2H2. The molecule has 0 fully saturated rings. The van der Waals surface area contributed by atoms with Crippen molar-refractivity contribution in [1.82, 2.24) is 4.98 Å². The number of pyridine rings is 1. The Balaban J connectivity index is 3.23. The molecule has 0 aliphatic heterocycles. The van der Waals surface area contributed by atoms with Crippen molar-refractivity contribution in [2.75, 3.05) is 0 Å². The van der Waals surface area contributed by atoms with Gasteiger partial charge in [-0.15, -0.1) is 13.2 Å². The summed E-state index contributed by atoms with van der Waals surface area (Å²) in [5, 5.41) is 9.18. The van der Waals surface area contributed by atoms with Gasteiger partial charge in [0.25, 0.3) is 12.3 Å². The van der Waals surface area contributed by atoms with Crippen molar-refractivity contribution in [2.45, 2.75) is 18.1 Å². The van der Waals surface area contributed by atoms with Crippen molar-refractivity contribution in [3.8, 4) is 11.6 Å². The summed E-state index contributed by atoms with van der Waals surface area (Å²) in [5.74, 6) is -2.21. The average molecular weight is 322 g/mol. The highest BCUT2D eigenvalue weighted by Crippen LogP contribution is 2.35. The van der Waals surface area contributed by atoms with E-state index in [1.54, 1.807) is 0 Å². The number of hydrogen-bond donors (Lipinski definition) is 1. The highest BCUT2D eigenvalue weighted by molar-refractivity contribution is 9.08. The maximum Gasteiger partial charge on any atom is 0.574 e. The normalized spacial score (nSPS) is 11.9. The van der Waals surface area contributed by atoms with Crippen LogP contribution in [0.25, 0.3) is 0 Å². The third-order valence-corrected chi connectivity index (χ3v) is 2.24. The highest BCUT2D eigenvalue weighted by atomic mass is 79.9. The third kappa shape index (κ3) is 3.69. The second-order valence-corrected chi connectivity index (χ2v) is 3.40. The van der Waals surface area contributed by atoms with Crippen molar-refractivity contribution in [2.24, 2.45) is 0 Å². The van der Waals surface area contributed by atoms with E-state index in [-0.39, 0.29) is 10.9 Å². The Morgan fingerprint density at radius 2 is 2.00 bits per heavy atom. The Labute approximate surface area is 100 Å². The summed E-state index contributed by atoms with van der Waals surface area (Å²) >= 11 is 2.84. The highest BCUT2D eigenvalue weighted by Gasteiger charge is 2.34. The van der Waals surface area contributed by atoms with Crippen LogP contribution in [0.2, 0.25) is 0 Å². The van der Waals surface area contributed by atoms with Crippen LogP contribution in [0.5, 0.6) is 11.6 Å². The summed E-state index contributed by atoms with van der Waals surface area (Å²) in [4.78, 5) is 2.90.